The smallest absolute Gasteiger partial charge is 0.0716 e. The van der Waals surface area contributed by atoms with Crippen molar-refractivity contribution in [2.45, 2.75) is 70.8 Å². The maximum absolute atomic E-state index is 5.96. The largest absolute Gasteiger partial charge is 0.377 e. The van der Waals surface area contributed by atoms with Crippen LogP contribution in [0.2, 0.25) is 0 Å². The Labute approximate surface area is 136 Å². The lowest BCUT2D eigenvalue weighted by atomic mass is 9.67. The first kappa shape index (κ1) is 16.1. The van der Waals surface area contributed by atoms with Gasteiger partial charge in [-0.3, -0.25) is 0 Å². The molecule has 1 heteroatoms. The van der Waals surface area contributed by atoms with Gasteiger partial charge in [0.05, 0.1) is 6.61 Å². The second-order valence-electron chi connectivity index (χ2n) is 7.43. The Morgan fingerprint density at radius 2 is 1.55 bits per heavy atom. The number of benzene rings is 1. The summed E-state index contributed by atoms with van der Waals surface area (Å²) in [6, 6.07) is 10.6. The van der Waals surface area contributed by atoms with E-state index in [1.54, 1.807) is 0 Å². The van der Waals surface area contributed by atoms with Gasteiger partial charge in [-0.2, -0.15) is 0 Å². The monoisotopic (exact) mass is 300 g/mol. The van der Waals surface area contributed by atoms with Crippen LogP contribution in [0.3, 0.4) is 0 Å². The van der Waals surface area contributed by atoms with E-state index < -0.39 is 0 Å². The molecule has 0 aliphatic heterocycles. The number of hydrogen-bond donors (Lipinski definition) is 0. The number of rotatable bonds is 6. The average Bonchev–Trinajstić information content (AvgIpc) is 2.61. The van der Waals surface area contributed by atoms with Crippen molar-refractivity contribution in [1.82, 2.24) is 0 Å². The Bertz CT molecular complexity index is 407. The predicted octanol–water partition coefficient (Wildman–Crippen LogP) is 5.98. The molecular weight excluding hydrogens is 268 g/mol. The second-order valence-corrected chi connectivity index (χ2v) is 7.43. The molecule has 0 heterocycles. The van der Waals surface area contributed by atoms with E-state index in [9.17, 15) is 0 Å². The van der Waals surface area contributed by atoms with Crippen molar-refractivity contribution in [2.24, 2.45) is 17.8 Å². The van der Waals surface area contributed by atoms with Crippen molar-refractivity contribution in [1.29, 1.82) is 0 Å². The van der Waals surface area contributed by atoms with E-state index in [1.807, 2.05) is 0 Å². The zero-order valence-electron chi connectivity index (χ0n) is 14.0. The van der Waals surface area contributed by atoms with Crippen LogP contribution < -0.4 is 0 Å². The number of hydrogen-bond acceptors (Lipinski definition) is 1. The summed E-state index contributed by atoms with van der Waals surface area (Å²) in [5.74, 6) is 2.98. The molecule has 2 saturated carbocycles. The third-order valence-electron chi connectivity index (χ3n) is 5.97. The lowest BCUT2D eigenvalue weighted by Gasteiger charge is -2.39. The summed E-state index contributed by atoms with van der Waals surface area (Å²) in [7, 11) is 0. The van der Waals surface area contributed by atoms with Gasteiger partial charge in [-0.05, 0) is 36.2 Å². The molecule has 0 aromatic heterocycles. The lowest BCUT2D eigenvalue weighted by molar-refractivity contribution is 0.0661. The molecule has 0 bridgehead atoms. The summed E-state index contributed by atoms with van der Waals surface area (Å²) < 4.78 is 5.96. The second kappa shape index (κ2) is 8.72. The maximum Gasteiger partial charge on any atom is 0.0716 e. The van der Waals surface area contributed by atoms with Crippen LogP contribution in [-0.2, 0) is 11.3 Å². The molecule has 122 valence electrons. The van der Waals surface area contributed by atoms with E-state index in [1.165, 1.54) is 69.8 Å². The molecule has 0 spiro atoms. The van der Waals surface area contributed by atoms with E-state index in [2.05, 4.69) is 30.3 Å². The van der Waals surface area contributed by atoms with Gasteiger partial charge in [-0.1, -0.05) is 81.7 Å². The zero-order valence-corrected chi connectivity index (χ0v) is 14.0. The van der Waals surface area contributed by atoms with Gasteiger partial charge >= 0.3 is 0 Å². The van der Waals surface area contributed by atoms with Crippen LogP contribution in [0.15, 0.2) is 30.3 Å². The van der Waals surface area contributed by atoms with Crippen LogP contribution in [0.1, 0.15) is 69.8 Å². The van der Waals surface area contributed by atoms with E-state index in [4.69, 9.17) is 4.74 Å². The molecule has 1 aromatic rings. The molecule has 2 aliphatic carbocycles. The fourth-order valence-corrected chi connectivity index (χ4v) is 4.78. The molecule has 2 aliphatic rings. The third-order valence-corrected chi connectivity index (χ3v) is 5.97. The molecule has 0 saturated heterocycles. The minimum absolute atomic E-state index is 0.779. The van der Waals surface area contributed by atoms with Crippen LogP contribution in [0.4, 0.5) is 0 Å². The molecule has 22 heavy (non-hydrogen) atoms. The van der Waals surface area contributed by atoms with Crippen molar-refractivity contribution < 1.29 is 4.74 Å². The van der Waals surface area contributed by atoms with Crippen LogP contribution in [0.25, 0.3) is 0 Å². The Morgan fingerprint density at radius 1 is 0.818 bits per heavy atom. The summed E-state index contributed by atoms with van der Waals surface area (Å²) in [5.41, 5.74) is 1.30. The fourth-order valence-electron chi connectivity index (χ4n) is 4.78. The molecule has 0 radical (unpaired) electrons. The van der Waals surface area contributed by atoms with Crippen molar-refractivity contribution in [3.63, 3.8) is 0 Å². The Kier molecular flexibility index (Phi) is 6.36. The van der Waals surface area contributed by atoms with Gasteiger partial charge in [0.25, 0.3) is 0 Å². The van der Waals surface area contributed by atoms with Crippen LogP contribution in [0, 0.1) is 17.8 Å². The van der Waals surface area contributed by atoms with Gasteiger partial charge in [-0.15, -0.1) is 0 Å². The van der Waals surface area contributed by atoms with Crippen molar-refractivity contribution >= 4 is 0 Å². The van der Waals surface area contributed by atoms with Gasteiger partial charge in [0.2, 0.25) is 0 Å². The molecule has 2 fully saturated rings. The molecular formula is C21H32O. The average molecular weight is 300 g/mol. The highest BCUT2D eigenvalue weighted by molar-refractivity contribution is 5.13. The van der Waals surface area contributed by atoms with Crippen LogP contribution in [-0.4, -0.2) is 6.61 Å². The van der Waals surface area contributed by atoms with Gasteiger partial charge in [0.1, 0.15) is 0 Å². The van der Waals surface area contributed by atoms with Crippen LogP contribution >= 0.6 is 0 Å². The van der Waals surface area contributed by atoms with E-state index in [0.717, 1.165) is 31.0 Å². The van der Waals surface area contributed by atoms with Crippen LogP contribution in [0.5, 0.6) is 0 Å². The summed E-state index contributed by atoms with van der Waals surface area (Å²) in [5, 5.41) is 0. The molecule has 0 N–H and O–H groups in total. The summed E-state index contributed by atoms with van der Waals surface area (Å²) in [4.78, 5) is 0. The Morgan fingerprint density at radius 3 is 2.36 bits per heavy atom. The quantitative estimate of drug-likeness (QED) is 0.587. The highest BCUT2D eigenvalue weighted by Gasteiger charge is 2.31. The Hall–Kier alpha value is -0.820. The topological polar surface area (TPSA) is 9.23 Å². The molecule has 0 amide bonds. The van der Waals surface area contributed by atoms with Gasteiger partial charge in [0, 0.05) is 6.61 Å². The highest BCUT2D eigenvalue weighted by Crippen LogP contribution is 2.42. The van der Waals surface area contributed by atoms with Gasteiger partial charge in [0.15, 0.2) is 0 Å². The lowest BCUT2D eigenvalue weighted by Crippen LogP contribution is -2.29. The van der Waals surface area contributed by atoms with Crippen molar-refractivity contribution in [3.05, 3.63) is 35.9 Å². The summed E-state index contributed by atoms with van der Waals surface area (Å²) in [6.07, 6.45) is 14.6. The zero-order chi connectivity index (χ0) is 15.0. The predicted molar refractivity (Wildman–Crippen MR) is 92.7 cm³/mol. The van der Waals surface area contributed by atoms with Crippen molar-refractivity contribution in [2.75, 3.05) is 6.61 Å². The maximum atomic E-state index is 5.96. The number of ether oxygens (including phenoxy) is 1. The first-order valence-corrected chi connectivity index (χ1v) is 9.55. The van der Waals surface area contributed by atoms with Crippen molar-refractivity contribution in [3.8, 4) is 0 Å². The van der Waals surface area contributed by atoms with Gasteiger partial charge in [-0.25, -0.2) is 0 Å². The highest BCUT2D eigenvalue weighted by atomic mass is 16.5. The molecule has 1 nitrogen and oxygen atoms in total. The van der Waals surface area contributed by atoms with E-state index >= 15 is 0 Å². The fraction of sp³-hybridized carbons (Fsp3) is 0.714. The minimum Gasteiger partial charge on any atom is -0.377 e. The third kappa shape index (κ3) is 4.59. The minimum atomic E-state index is 0.779. The molecule has 1 aromatic carbocycles. The van der Waals surface area contributed by atoms with Gasteiger partial charge < -0.3 is 4.74 Å². The SMILES string of the molecule is c1ccc(COCCC2CCCCC2C2CCCCC2)cc1. The normalized spacial score (nSPS) is 26.9. The van der Waals surface area contributed by atoms with E-state index in [-0.39, 0.29) is 0 Å². The molecule has 3 rings (SSSR count). The Balaban J connectivity index is 1.43. The first-order chi connectivity index (χ1) is 10.9. The van der Waals surface area contributed by atoms with E-state index in [0.29, 0.717) is 0 Å². The summed E-state index contributed by atoms with van der Waals surface area (Å²) in [6.45, 7) is 1.73. The molecule has 2 unspecified atom stereocenters. The summed E-state index contributed by atoms with van der Waals surface area (Å²) >= 11 is 0. The standard InChI is InChI=1S/C21H32O/c1-3-9-18(10-4-1)17-22-16-15-20-13-7-8-14-21(20)19-11-5-2-6-12-19/h1,3-4,9-10,19-21H,2,5-8,11-17H2. The first-order valence-electron chi connectivity index (χ1n) is 9.55. The molecule has 2 atom stereocenters.